The van der Waals surface area contributed by atoms with Gasteiger partial charge in [-0.15, -0.1) is 0 Å². The highest BCUT2D eigenvalue weighted by atomic mass is 16.7. The Balaban J connectivity index is 2.51. The molecule has 0 bridgehead atoms. The zero-order valence-corrected chi connectivity index (χ0v) is 11.6. The van der Waals surface area contributed by atoms with Crippen molar-refractivity contribution in [1.82, 2.24) is 5.06 Å². The second-order valence-electron chi connectivity index (χ2n) is 4.10. The van der Waals surface area contributed by atoms with E-state index in [4.69, 9.17) is 9.57 Å². The Morgan fingerprint density at radius 1 is 1.38 bits per heavy atom. The van der Waals surface area contributed by atoms with Gasteiger partial charge in [-0.1, -0.05) is 13.3 Å². The summed E-state index contributed by atoms with van der Waals surface area (Å²) in [6, 6.07) is 5.13. The first kappa shape index (κ1) is 16.4. The normalized spacial score (nSPS) is 9.76. The van der Waals surface area contributed by atoms with Crippen LogP contribution >= 0.6 is 0 Å². The van der Waals surface area contributed by atoms with Crippen LogP contribution in [0.3, 0.4) is 0 Å². The van der Waals surface area contributed by atoms with Crippen molar-refractivity contribution in [2.75, 3.05) is 13.2 Å². The van der Waals surface area contributed by atoms with E-state index in [1.54, 1.807) is 0 Å². The molecule has 0 aliphatic heterocycles. The van der Waals surface area contributed by atoms with Crippen molar-refractivity contribution in [2.24, 2.45) is 0 Å². The lowest BCUT2D eigenvalue weighted by Crippen LogP contribution is -2.32. The third-order valence-corrected chi connectivity index (χ3v) is 2.43. The fraction of sp³-hybridized carbons (Fsp3) is 0.385. The molecule has 0 N–H and O–H groups in total. The summed E-state index contributed by atoms with van der Waals surface area (Å²) in [4.78, 5) is 37.3. The number of esters is 1. The van der Waals surface area contributed by atoms with Crippen LogP contribution in [0.2, 0.25) is 0 Å². The van der Waals surface area contributed by atoms with Gasteiger partial charge in [0.15, 0.2) is 12.3 Å². The molecule has 0 saturated heterocycles. The number of nitro groups is 1. The second-order valence-corrected chi connectivity index (χ2v) is 4.10. The summed E-state index contributed by atoms with van der Waals surface area (Å²) >= 11 is 0. The monoisotopic (exact) mass is 296 g/mol. The Hall–Kier alpha value is -2.64. The van der Waals surface area contributed by atoms with Crippen molar-refractivity contribution >= 4 is 18.1 Å². The van der Waals surface area contributed by atoms with Crippen molar-refractivity contribution < 1.29 is 24.1 Å². The van der Waals surface area contributed by atoms with Gasteiger partial charge in [0.2, 0.25) is 6.41 Å². The van der Waals surface area contributed by atoms with Crippen LogP contribution in [0, 0.1) is 10.1 Å². The number of hydrogen-bond donors (Lipinski definition) is 0. The van der Waals surface area contributed by atoms with Crippen LogP contribution in [0.4, 0.5) is 5.69 Å². The molecule has 0 spiro atoms. The van der Waals surface area contributed by atoms with E-state index >= 15 is 0 Å². The molecule has 0 atom stereocenters. The maximum Gasteiger partial charge on any atom is 0.329 e. The average molecular weight is 296 g/mol. The van der Waals surface area contributed by atoms with Gasteiger partial charge in [-0.3, -0.25) is 14.9 Å². The number of amides is 1. The Morgan fingerprint density at radius 2 is 2.05 bits per heavy atom. The lowest BCUT2D eigenvalue weighted by atomic mass is 10.3. The van der Waals surface area contributed by atoms with E-state index in [1.165, 1.54) is 24.3 Å². The number of unbranched alkanes of at least 4 members (excludes halogenated alkanes) is 1. The first-order chi connectivity index (χ1) is 10.1. The van der Waals surface area contributed by atoms with Gasteiger partial charge in [0.1, 0.15) is 0 Å². The van der Waals surface area contributed by atoms with E-state index in [1.807, 2.05) is 6.92 Å². The van der Waals surface area contributed by atoms with Crippen LogP contribution in [-0.4, -0.2) is 35.5 Å². The molecule has 0 fully saturated rings. The van der Waals surface area contributed by atoms with E-state index in [2.05, 4.69) is 0 Å². The third kappa shape index (κ3) is 5.89. The maximum atomic E-state index is 11.4. The quantitative estimate of drug-likeness (QED) is 0.226. The van der Waals surface area contributed by atoms with E-state index in [9.17, 15) is 19.7 Å². The fourth-order valence-corrected chi connectivity index (χ4v) is 1.36. The summed E-state index contributed by atoms with van der Waals surface area (Å²) < 4.78 is 4.89. The van der Waals surface area contributed by atoms with Gasteiger partial charge in [0.05, 0.1) is 11.5 Å². The molecule has 1 aromatic rings. The molecule has 1 aromatic carbocycles. The Bertz CT molecular complexity index is 488. The van der Waals surface area contributed by atoms with Crippen molar-refractivity contribution in [3.8, 4) is 5.75 Å². The smallest absolute Gasteiger partial charge is 0.329 e. The second kappa shape index (κ2) is 8.51. The summed E-state index contributed by atoms with van der Waals surface area (Å²) in [5, 5.41) is 11.3. The van der Waals surface area contributed by atoms with E-state index in [-0.39, 0.29) is 18.0 Å². The number of rotatable bonds is 9. The Morgan fingerprint density at radius 3 is 2.57 bits per heavy atom. The first-order valence-corrected chi connectivity index (χ1v) is 6.36. The number of carbonyl (C=O) groups is 2. The first-order valence-electron chi connectivity index (χ1n) is 6.36. The van der Waals surface area contributed by atoms with Gasteiger partial charge in [-0.25, -0.2) is 4.79 Å². The minimum Gasteiger partial charge on any atom is -0.464 e. The standard InChI is InChI=1S/C13H16N2O6/c1-2-3-8-20-13(17)9-14(10-16)21-12-6-4-11(5-7-12)15(18)19/h4-7,10H,2-3,8-9H2,1H3. The van der Waals surface area contributed by atoms with E-state index < -0.39 is 10.9 Å². The number of nitrogens with zero attached hydrogens (tertiary/aromatic N) is 2. The third-order valence-electron chi connectivity index (χ3n) is 2.43. The van der Waals surface area contributed by atoms with Crippen LogP contribution < -0.4 is 4.84 Å². The Kier molecular flexibility index (Phi) is 6.66. The number of hydroxylamine groups is 2. The minimum atomic E-state index is -0.586. The van der Waals surface area contributed by atoms with Crippen molar-refractivity contribution in [2.45, 2.75) is 19.8 Å². The summed E-state index contributed by atoms with van der Waals surface area (Å²) in [6.07, 6.45) is 1.97. The number of hydrogen-bond acceptors (Lipinski definition) is 6. The predicted molar refractivity (Wildman–Crippen MR) is 72.4 cm³/mol. The fourth-order valence-electron chi connectivity index (χ4n) is 1.36. The number of ether oxygens (including phenoxy) is 1. The highest BCUT2D eigenvalue weighted by molar-refractivity contribution is 5.73. The van der Waals surface area contributed by atoms with Crippen LogP contribution in [0.5, 0.6) is 5.75 Å². The molecule has 1 amide bonds. The molecular formula is C13H16N2O6. The molecule has 21 heavy (non-hydrogen) atoms. The van der Waals surface area contributed by atoms with Crippen LogP contribution in [0.15, 0.2) is 24.3 Å². The van der Waals surface area contributed by atoms with Gasteiger partial charge in [0, 0.05) is 12.1 Å². The van der Waals surface area contributed by atoms with Gasteiger partial charge in [-0.05, 0) is 18.6 Å². The summed E-state index contributed by atoms with van der Waals surface area (Å²) in [6.45, 7) is 1.90. The van der Waals surface area contributed by atoms with Crippen LogP contribution in [0.1, 0.15) is 19.8 Å². The van der Waals surface area contributed by atoms with E-state index in [0.717, 1.165) is 17.9 Å². The minimum absolute atomic E-state index is 0.0982. The molecule has 0 aliphatic carbocycles. The number of non-ortho nitro benzene ring substituents is 1. The molecule has 0 unspecified atom stereocenters. The number of nitro benzene ring substituents is 1. The lowest BCUT2D eigenvalue weighted by Gasteiger charge is -2.16. The van der Waals surface area contributed by atoms with Gasteiger partial charge < -0.3 is 9.57 Å². The molecule has 0 heterocycles. The zero-order valence-electron chi connectivity index (χ0n) is 11.6. The highest BCUT2D eigenvalue weighted by Gasteiger charge is 2.13. The molecular weight excluding hydrogens is 280 g/mol. The molecule has 8 heteroatoms. The maximum absolute atomic E-state index is 11.4. The molecule has 0 saturated carbocycles. The molecule has 0 aromatic heterocycles. The molecule has 1 rings (SSSR count). The van der Waals surface area contributed by atoms with Crippen LogP contribution in [-0.2, 0) is 14.3 Å². The summed E-state index contributed by atoms with van der Waals surface area (Å²) in [5.74, 6) is -0.383. The van der Waals surface area contributed by atoms with Crippen LogP contribution in [0.25, 0.3) is 0 Å². The van der Waals surface area contributed by atoms with Crippen molar-refractivity contribution in [1.29, 1.82) is 0 Å². The molecule has 0 aliphatic rings. The lowest BCUT2D eigenvalue weighted by molar-refractivity contribution is -0.384. The molecule has 114 valence electrons. The zero-order chi connectivity index (χ0) is 15.7. The number of benzene rings is 1. The van der Waals surface area contributed by atoms with E-state index in [0.29, 0.717) is 13.0 Å². The van der Waals surface area contributed by atoms with Gasteiger partial charge in [0.25, 0.3) is 5.69 Å². The van der Waals surface area contributed by atoms with Crippen molar-refractivity contribution in [3.63, 3.8) is 0 Å². The summed E-state index contributed by atoms with van der Waals surface area (Å²) in [7, 11) is 0. The molecule has 0 radical (unpaired) electrons. The SMILES string of the molecule is CCCCOC(=O)CN(C=O)Oc1ccc([N+](=O)[O-])cc1. The number of carbonyl (C=O) groups excluding carboxylic acids is 2. The Labute approximate surface area is 121 Å². The highest BCUT2D eigenvalue weighted by Crippen LogP contribution is 2.17. The van der Waals surface area contributed by atoms with Gasteiger partial charge in [-0.2, -0.15) is 5.06 Å². The van der Waals surface area contributed by atoms with Gasteiger partial charge >= 0.3 is 5.97 Å². The summed E-state index contributed by atoms with van der Waals surface area (Å²) in [5.41, 5.74) is -0.0982. The average Bonchev–Trinajstić information content (AvgIpc) is 2.47. The largest absolute Gasteiger partial charge is 0.464 e. The van der Waals surface area contributed by atoms with Crippen molar-refractivity contribution in [3.05, 3.63) is 34.4 Å². The molecule has 8 nitrogen and oxygen atoms in total. The topological polar surface area (TPSA) is 99.0 Å². The predicted octanol–water partition coefficient (Wildman–Crippen LogP) is 1.69.